The molecule has 0 aromatic rings. The molecule has 23 heavy (non-hydrogen) atoms. The smallest absolute Gasteiger partial charge is 0.0643 e. The Balaban J connectivity index is 1.55. The average Bonchev–Trinajstić information content (AvgIpc) is 2.99. The van der Waals surface area contributed by atoms with Crippen molar-refractivity contribution in [1.29, 1.82) is 0 Å². The fourth-order valence-corrected chi connectivity index (χ4v) is 8.95. The minimum absolute atomic E-state index is 0.0750. The molecule has 0 aliphatic heterocycles. The minimum Gasteiger partial charge on any atom is -0.396 e. The molecule has 8 atom stereocenters. The zero-order chi connectivity index (χ0) is 16.3. The van der Waals surface area contributed by atoms with E-state index in [2.05, 4.69) is 13.8 Å². The summed E-state index contributed by atoms with van der Waals surface area (Å²) >= 11 is 0. The number of aliphatic hydroxyl groups excluding tert-OH is 3. The Morgan fingerprint density at radius 2 is 1.65 bits per heavy atom. The monoisotopic (exact) mass is 320 g/mol. The molecule has 6 rings (SSSR count). The minimum atomic E-state index is -0.679. The van der Waals surface area contributed by atoms with Crippen molar-refractivity contribution < 1.29 is 15.3 Å². The summed E-state index contributed by atoms with van der Waals surface area (Å²) < 4.78 is 0. The van der Waals surface area contributed by atoms with Crippen LogP contribution in [0.15, 0.2) is 0 Å². The standard InChI is InChI=1S/C20H32O3/c1-17-5-4-16(23)20(10-21,11-22)14(17)3-6-19-8-13-12(7-15(17)19)18(13,2)9-19/h12-16,21-23H,3-11H2,1-2H3/t12-,13+,14+,15+,16-,17-,18-,19+/m1/s1. The lowest BCUT2D eigenvalue weighted by atomic mass is 9.39. The van der Waals surface area contributed by atoms with Gasteiger partial charge in [0.05, 0.1) is 19.3 Å². The Morgan fingerprint density at radius 3 is 2.26 bits per heavy atom. The fourth-order valence-electron chi connectivity index (χ4n) is 8.95. The molecule has 3 N–H and O–H groups in total. The van der Waals surface area contributed by atoms with Gasteiger partial charge in [-0.3, -0.25) is 0 Å². The first kappa shape index (κ1) is 15.2. The fraction of sp³-hybridized carbons (Fsp3) is 1.00. The molecule has 0 heterocycles. The second-order valence-electron chi connectivity index (χ2n) is 10.5. The summed E-state index contributed by atoms with van der Waals surface area (Å²) in [6, 6.07) is 0. The summed E-state index contributed by atoms with van der Waals surface area (Å²) in [4.78, 5) is 0. The van der Waals surface area contributed by atoms with E-state index < -0.39 is 11.5 Å². The van der Waals surface area contributed by atoms with Gasteiger partial charge in [0.2, 0.25) is 0 Å². The van der Waals surface area contributed by atoms with E-state index in [-0.39, 0.29) is 24.5 Å². The quantitative estimate of drug-likeness (QED) is 0.733. The molecule has 3 heteroatoms. The summed E-state index contributed by atoms with van der Waals surface area (Å²) in [6.45, 7) is 4.81. The van der Waals surface area contributed by atoms with Crippen molar-refractivity contribution in [2.75, 3.05) is 13.2 Å². The molecule has 6 fully saturated rings. The third kappa shape index (κ3) is 1.46. The SMILES string of the molecule is C[C@@]12CC[C@@H](O)C(CO)(CO)[C@H]1CC[C@@]13C[C@H]4[C@@H](C[C@H]12)[C@@]4(C)C3. The van der Waals surface area contributed by atoms with Gasteiger partial charge in [-0.15, -0.1) is 0 Å². The summed E-state index contributed by atoms with van der Waals surface area (Å²) in [6.07, 6.45) is 7.84. The topological polar surface area (TPSA) is 60.7 Å². The Morgan fingerprint density at radius 1 is 0.913 bits per heavy atom. The van der Waals surface area contributed by atoms with E-state index in [9.17, 15) is 15.3 Å². The molecule has 6 aliphatic rings. The second kappa shape index (κ2) is 4.16. The number of hydrogen-bond donors (Lipinski definition) is 3. The van der Waals surface area contributed by atoms with Crippen LogP contribution in [-0.4, -0.2) is 34.6 Å². The van der Waals surface area contributed by atoms with Crippen molar-refractivity contribution >= 4 is 0 Å². The second-order valence-corrected chi connectivity index (χ2v) is 10.5. The van der Waals surface area contributed by atoms with Crippen LogP contribution in [0.5, 0.6) is 0 Å². The maximum absolute atomic E-state index is 10.6. The molecular formula is C20H32O3. The summed E-state index contributed by atoms with van der Waals surface area (Å²) in [7, 11) is 0. The third-order valence-corrected chi connectivity index (χ3v) is 10.1. The highest BCUT2D eigenvalue weighted by Gasteiger charge is 2.78. The van der Waals surface area contributed by atoms with Crippen molar-refractivity contribution in [3.8, 4) is 0 Å². The van der Waals surface area contributed by atoms with Crippen LogP contribution in [0.2, 0.25) is 0 Å². The molecule has 6 saturated carbocycles. The zero-order valence-electron chi connectivity index (χ0n) is 14.6. The molecule has 3 nitrogen and oxygen atoms in total. The van der Waals surface area contributed by atoms with Crippen LogP contribution in [-0.2, 0) is 0 Å². The predicted molar refractivity (Wildman–Crippen MR) is 87.5 cm³/mol. The van der Waals surface area contributed by atoms with Crippen molar-refractivity contribution in [1.82, 2.24) is 0 Å². The van der Waals surface area contributed by atoms with Crippen molar-refractivity contribution in [2.45, 2.75) is 64.9 Å². The number of aliphatic hydroxyl groups is 3. The Hall–Kier alpha value is -0.120. The molecule has 4 bridgehead atoms. The van der Waals surface area contributed by atoms with E-state index in [0.29, 0.717) is 10.8 Å². The van der Waals surface area contributed by atoms with Gasteiger partial charge in [0, 0.05) is 5.41 Å². The molecule has 0 amide bonds. The first-order valence-corrected chi connectivity index (χ1v) is 9.76. The van der Waals surface area contributed by atoms with E-state index >= 15 is 0 Å². The maximum atomic E-state index is 10.6. The van der Waals surface area contributed by atoms with E-state index in [1.54, 1.807) is 0 Å². The number of fused-ring (bicyclic) bond motifs is 1. The summed E-state index contributed by atoms with van der Waals surface area (Å²) in [5.41, 5.74) is 0.706. The molecular weight excluding hydrogens is 288 g/mol. The van der Waals surface area contributed by atoms with Gasteiger partial charge in [0.25, 0.3) is 0 Å². The van der Waals surface area contributed by atoms with Crippen LogP contribution in [0.4, 0.5) is 0 Å². The Kier molecular flexibility index (Phi) is 2.74. The van der Waals surface area contributed by atoms with Crippen LogP contribution in [0.3, 0.4) is 0 Å². The van der Waals surface area contributed by atoms with Crippen LogP contribution >= 0.6 is 0 Å². The van der Waals surface area contributed by atoms with Gasteiger partial charge in [0.1, 0.15) is 0 Å². The number of rotatable bonds is 2. The zero-order valence-corrected chi connectivity index (χ0v) is 14.6. The highest BCUT2D eigenvalue weighted by molar-refractivity contribution is 5.27. The Labute approximate surface area is 139 Å². The van der Waals surface area contributed by atoms with E-state index in [0.717, 1.165) is 37.0 Å². The summed E-state index contributed by atoms with van der Waals surface area (Å²) in [5.74, 6) is 2.95. The van der Waals surface area contributed by atoms with Gasteiger partial charge in [-0.1, -0.05) is 13.8 Å². The normalized spacial score (nSPS) is 61.7. The first-order chi connectivity index (χ1) is 10.9. The lowest BCUT2D eigenvalue weighted by Crippen LogP contribution is -2.64. The maximum Gasteiger partial charge on any atom is 0.0643 e. The van der Waals surface area contributed by atoms with Crippen LogP contribution in [0.25, 0.3) is 0 Å². The average molecular weight is 320 g/mol. The highest BCUT2D eigenvalue weighted by atomic mass is 16.3. The van der Waals surface area contributed by atoms with Crippen LogP contribution in [0, 0.1) is 45.3 Å². The lowest BCUT2D eigenvalue weighted by molar-refractivity contribution is -0.222. The molecule has 0 radical (unpaired) electrons. The van der Waals surface area contributed by atoms with E-state index in [1.807, 2.05) is 0 Å². The molecule has 1 spiro atoms. The van der Waals surface area contributed by atoms with Gasteiger partial charge in [-0.25, -0.2) is 0 Å². The van der Waals surface area contributed by atoms with Crippen molar-refractivity contribution in [3.63, 3.8) is 0 Å². The van der Waals surface area contributed by atoms with Gasteiger partial charge in [0.15, 0.2) is 0 Å². The largest absolute Gasteiger partial charge is 0.396 e. The van der Waals surface area contributed by atoms with Crippen molar-refractivity contribution in [3.05, 3.63) is 0 Å². The number of hydrogen-bond acceptors (Lipinski definition) is 3. The lowest BCUT2D eigenvalue weighted by Gasteiger charge is -2.66. The molecule has 6 aliphatic carbocycles. The van der Waals surface area contributed by atoms with E-state index in [1.165, 1.54) is 25.7 Å². The van der Waals surface area contributed by atoms with Gasteiger partial charge < -0.3 is 15.3 Å². The Bertz CT molecular complexity index is 543. The van der Waals surface area contributed by atoms with Crippen LogP contribution < -0.4 is 0 Å². The molecule has 0 saturated heterocycles. The van der Waals surface area contributed by atoms with Gasteiger partial charge >= 0.3 is 0 Å². The summed E-state index contributed by atoms with van der Waals surface area (Å²) in [5, 5.41) is 30.9. The third-order valence-electron chi connectivity index (χ3n) is 10.1. The predicted octanol–water partition coefficient (Wildman–Crippen LogP) is 2.58. The first-order valence-electron chi connectivity index (χ1n) is 9.76. The van der Waals surface area contributed by atoms with Crippen molar-refractivity contribution in [2.24, 2.45) is 45.3 Å². The van der Waals surface area contributed by atoms with E-state index in [4.69, 9.17) is 0 Å². The molecule has 0 aromatic heterocycles. The molecule has 0 unspecified atom stereocenters. The van der Waals surface area contributed by atoms with Crippen LogP contribution in [0.1, 0.15) is 58.8 Å². The van der Waals surface area contributed by atoms with Gasteiger partial charge in [-0.05, 0) is 84.9 Å². The molecule has 130 valence electrons. The highest BCUT2D eigenvalue weighted by Crippen LogP contribution is 2.85. The van der Waals surface area contributed by atoms with Gasteiger partial charge in [-0.2, -0.15) is 0 Å². The molecule has 0 aromatic carbocycles.